The van der Waals surface area contributed by atoms with Crippen molar-refractivity contribution in [3.8, 4) is 5.75 Å². The zero-order chi connectivity index (χ0) is 26.6. The molecule has 0 unspecified atom stereocenters. The smallest absolute Gasteiger partial charge is 0.404 e. The van der Waals surface area contributed by atoms with Crippen LogP contribution in [0, 0.1) is 5.82 Å². The Morgan fingerprint density at radius 2 is 1.89 bits per heavy atom. The molecule has 1 aromatic heterocycles. The molecule has 0 saturated carbocycles. The van der Waals surface area contributed by atoms with Crippen LogP contribution in [-0.2, 0) is 17.8 Å². The number of likely N-dealkylation sites (tertiary alicyclic amines) is 1. The summed E-state index contributed by atoms with van der Waals surface area (Å²) in [5, 5.41) is 9.24. The normalized spacial score (nSPS) is 14.9. The van der Waals surface area contributed by atoms with E-state index in [0.29, 0.717) is 43.4 Å². The number of benzene rings is 2. The van der Waals surface area contributed by atoms with E-state index in [1.807, 2.05) is 0 Å². The lowest BCUT2D eigenvalue weighted by Crippen LogP contribution is -2.38. The number of piperidine rings is 1. The van der Waals surface area contributed by atoms with E-state index >= 15 is 0 Å². The number of hydrogen-bond acceptors (Lipinski definition) is 5. The second-order valence-corrected chi connectivity index (χ2v) is 8.90. The van der Waals surface area contributed by atoms with Crippen LogP contribution < -0.4 is 10.5 Å². The lowest BCUT2D eigenvalue weighted by molar-refractivity contribution is -0.274. The number of nitrogens with zero attached hydrogens (tertiary/aromatic N) is 2. The van der Waals surface area contributed by atoms with E-state index in [1.54, 1.807) is 23.1 Å². The van der Waals surface area contributed by atoms with Gasteiger partial charge in [-0.3, -0.25) is 4.79 Å². The number of carbonyl (C=O) groups excluding carboxylic acids is 1. The van der Waals surface area contributed by atoms with E-state index < -0.39 is 12.1 Å². The molecule has 7 nitrogen and oxygen atoms in total. The van der Waals surface area contributed by atoms with E-state index in [2.05, 4.69) is 4.74 Å². The summed E-state index contributed by atoms with van der Waals surface area (Å²) in [6.07, 6.45) is -2.30. The van der Waals surface area contributed by atoms with Gasteiger partial charge in [0.25, 0.3) is 5.91 Å². The third kappa shape index (κ3) is 6.23. The predicted molar refractivity (Wildman–Crippen MR) is 129 cm³/mol. The summed E-state index contributed by atoms with van der Waals surface area (Å²) in [6, 6.07) is 9.02. The maximum Gasteiger partial charge on any atom is 0.573 e. The molecule has 2 aromatic carbocycles. The molecule has 0 spiro atoms. The molecule has 0 aliphatic carbocycles. The number of amides is 1. The summed E-state index contributed by atoms with van der Waals surface area (Å²) in [6.45, 7) is 1.23. The Morgan fingerprint density at radius 3 is 2.57 bits per heavy atom. The Labute approximate surface area is 211 Å². The van der Waals surface area contributed by atoms with Crippen LogP contribution >= 0.6 is 0 Å². The molecule has 11 heteroatoms. The maximum atomic E-state index is 14.5. The first kappa shape index (κ1) is 26.9. The van der Waals surface area contributed by atoms with Crippen molar-refractivity contribution in [2.45, 2.75) is 38.2 Å². The van der Waals surface area contributed by atoms with E-state index in [4.69, 9.17) is 15.6 Å². The highest BCUT2D eigenvalue weighted by molar-refractivity contribution is 6.08. The molecule has 2 heterocycles. The minimum absolute atomic E-state index is 0.0626. The highest BCUT2D eigenvalue weighted by Gasteiger charge is 2.33. The van der Waals surface area contributed by atoms with E-state index in [0.717, 1.165) is 5.56 Å². The lowest BCUT2D eigenvalue weighted by atomic mass is 9.88. The molecule has 1 saturated heterocycles. The minimum atomic E-state index is -4.90. The third-order valence-electron chi connectivity index (χ3n) is 6.55. The van der Waals surface area contributed by atoms with E-state index in [1.165, 1.54) is 29.0 Å². The molecule has 0 radical (unpaired) electrons. The fourth-order valence-corrected chi connectivity index (χ4v) is 4.81. The Bertz CT molecular complexity index is 1240. The second-order valence-electron chi connectivity index (χ2n) is 8.90. The number of carbonyl (C=O) groups is 1. The Hall–Kier alpha value is -3.15. The molecule has 37 heavy (non-hydrogen) atoms. The van der Waals surface area contributed by atoms with Gasteiger partial charge in [0.2, 0.25) is 0 Å². The molecule has 0 atom stereocenters. The van der Waals surface area contributed by atoms with Gasteiger partial charge in [-0.15, -0.1) is 13.2 Å². The van der Waals surface area contributed by atoms with Gasteiger partial charge < -0.3 is 29.8 Å². The quantitative estimate of drug-likeness (QED) is 0.325. The first-order valence-corrected chi connectivity index (χ1v) is 12.1. The molecule has 3 N–H and O–H groups in total. The molecular weight excluding hydrogens is 494 g/mol. The number of aliphatic hydroxyl groups excluding tert-OH is 1. The molecule has 4 rings (SSSR count). The van der Waals surface area contributed by atoms with Crippen LogP contribution in [0.3, 0.4) is 0 Å². The highest BCUT2D eigenvalue weighted by atomic mass is 19.4. The maximum absolute atomic E-state index is 14.5. The molecule has 1 aliphatic heterocycles. The summed E-state index contributed by atoms with van der Waals surface area (Å²) in [5.74, 6) is -1.10. The summed E-state index contributed by atoms with van der Waals surface area (Å²) in [5.41, 5.74) is 7.50. The van der Waals surface area contributed by atoms with Gasteiger partial charge >= 0.3 is 6.36 Å². The SMILES string of the molecule is NCc1ccc(F)c(C2CCN(C(=O)c3cn(CCOCCO)c4c(OC(F)(F)F)cccc34)CC2)c1. The Balaban J connectivity index is 1.58. The predicted octanol–water partition coefficient (Wildman–Crippen LogP) is 4.17. The molecule has 1 fully saturated rings. The number of ether oxygens (including phenoxy) is 2. The second kappa shape index (κ2) is 11.5. The number of aromatic nitrogens is 1. The van der Waals surface area contributed by atoms with Crippen LogP contribution in [0.1, 0.15) is 40.2 Å². The van der Waals surface area contributed by atoms with Gasteiger partial charge in [-0.1, -0.05) is 24.3 Å². The zero-order valence-electron chi connectivity index (χ0n) is 20.1. The van der Waals surface area contributed by atoms with Crippen LogP contribution in [0.15, 0.2) is 42.6 Å². The highest BCUT2D eigenvalue weighted by Crippen LogP contribution is 2.36. The van der Waals surface area contributed by atoms with Crippen LogP contribution in [0.2, 0.25) is 0 Å². The first-order chi connectivity index (χ1) is 17.7. The van der Waals surface area contributed by atoms with Crippen molar-refractivity contribution in [3.63, 3.8) is 0 Å². The van der Waals surface area contributed by atoms with Gasteiger partial charge in [0, 0.05) is 37.8 Å². The van der Waals surface area contributed by atoms with Crippen molar-refractivity contribution < 1.29 is 36.9 Å². The summed E-state index contributed by atoms with van der Waals surface area (Å²) >= 11 is 0. The molecule has 1 aliphatic rings. The third-order valence-corrected chi connectivity index (χ3v) is 6.55. The van der Waals surface area contributed by atoms with Crippen molar-refractivity contribution in [1.29, 1.82) is 0 Å². The van der Waals surface area contributed by atoms with Crippen molar-refractivity contribution in [2.24, 2.45) is 5.73 Å². The average Bonchev–Trinajstić information content (AvgIpc) is 3.25. The number of alkyl halides is 3. The number of fused-ring (bicyclic) bond motifs is 1. The van der Waals surface area contributed by atoms with Crippen molar-refractivity contribution >= 4 is 16.8 Å². The minimum Gasteiger partial charge on any atom is -0.404 e. The monoisotopic (exact) mass is 523 g/mol. The zero-order valence-corrected chi connectivity index (χ0v) is 20.1. The Morgan fingerprint density at radius 1 is 1.14 bits per heavy atom. The van der Waals surface area contributed by atoms with Crippen LogP contribution in [0.4, 0.5) is 17.6 Å². The molecule has 200 valence electrons. The number of halogens is 4. The fourth-order valence-electron chi connectivity index (χ4n) is 4.81. The Kier molecular flexibility index (Phi) is 8.35. The number of aliphatic hydroxyl groups is 1. The molecule has 0 bridgehead atoms. The van der Waals surface area contributed by atoms with Gasteiger partial charge in [-0.2, -0.15) is 0 Å². The summed E-state index contributed by atoms with van der Waals surface area (Å²) in [4.78, 5) is 15.1. The van der Waals surface area contributed by atoms with Gasteiger partial charge in [0.15, 0.2) is 5.75 Å². The summed E-state index contributed by atoms with van der Waals surface area (Å²) in [7, 11) is 0. The molecule has 1 amide bonds. The van der Waals surface area contributed by atoms with Gasteiger partial charge in [-0.25, -0.2) is 4.39 Å². The largest absolute Gasteiger partial charge is 0.573 e. The van der Waals surface area contributed by atoms with Gasteiger partial charge in [0.05, 0.1) is 30.9 Å². The van der Waals surface area contributed by atoms with E-state index in [-0.39, 0.29) is 55.1 Å². The molecule has 3 aromatic rings. The van der Waals surface area contributed by atoms with Crippen LogP contribution in [0.25, 0.3) is 10.9 Å². The average molecular weight is 524 g/mol. The van der Waals surface area contributed by atoms with Crippen molar-refractivity contribution in [3.05, 3.63) is 65.1 Å². The lowest BCUT2D eigenvalue weighted by Gasteiger charge is -2.32. The van der Waals surface area contributed by atoms with Crippen molar-refractivity contribution in [2.75, 3.05) is 32.9 Å². The number of rotatable bonds is 9. The van der Waals surface area contributed by atoms with Crippen molar-refractivity contribution in [1.82, 2.24) is 9.47 Å². The van der Waals surface area contributed by atoms with Crippen LogP contribution in [0.5, 0.6) is 5.75 Å². The number of hydrogen-bond donors (Lipinski definition) is 2. The van der Waals surface area contributed by atoms with E-state index in [9.17, 15) is 22.4 Å². The topological polar surface area (TPSA) is 90.0 Å². The van der Waals surface area contributed by atoms with Gasteiger partial charge in [0.1, 0.15) is 5.82 Å². The first-order valence-electron chi connectivity index (χ1n) is 12.1. The molecular formula is C26H29F4N3O4. The number of nitrogens with two attached hydrogens (primary N) is 1. The van der Waals surface area contributed by atoms with Gasteiger partial charge in [-0.05, 0) is 42.0 Å². The number of para-hydroxylation sites is 1. The summed E-state index contributed by atoms with van der Waals surface area (Å²) < 4.78 is 64.7. The van der Waals surface area contributed by atoms with Crippen LogP contribution in [-0.4, -0.2) is 59.8 Å². The fraction of sp³-hybridized carbons (Fsp3) is 0.423. The standard InChI is InChI=1S/C26H29F4N3O4/c27-22-5-4-17(15-31)14-20(22)18-6-8-32(9-7-18)25(35)21-16-33(10-12-36-13-11-34)24-19(21)2-1-3-23(24)37-26(28,29)30/h1-5,14,16,18,34H,6-13,15,31H2.